The van der Waals surface area contributed by atoms with Crippen LogP contribution < -0.4 is 0 Å². The van der Waals surface area contributed by atoms with Crippen LogP contribution in [-0.4, -0.2) is 9.97 Å². The van der Waals surface area contributed by atoms with Crippen LogP contribution in [0.2, 0.25) is 0 Å². The molecule has 2 nitrogen and oxygen atoms in total. The number of aryl methyl sites for hydroxylation is 2. The van der Waals surface area contributed by atoms with Crippen LogP contribution in [0, 0.1) is 0 Å². The van der Waals surface area contributed by atoms with Crippen molar-refractivity contribution in [1.82, 2.24) is 9.97 Å². The van der Waals surface area contributed by atoms with Crippen molar-refractivity contribution in [3.8, 4) is 44.5 Å². The number of nitrogens with one attached hydrogen (secondary N) is 2. The normalized spacial score (nSPS) is 13.4. The third-order valence-corrected chi connectivity index (χ3v) is 21.8. The van der Waals surface area contributed by atoms with Crippen molar-refractivity contribution in [2.75, 3.05) is 0 Å². The second-order valence-corrected chi connectivity index (χ2v) is 27.4. The minimum atomic E-state index is 1.08. The molecule has 2 aromatic heterocycles. The van der Waals surface area contributed by atoms with Crippen molar-refractivity contribution in [3.63, 3.8) is 0 Å². The summed E-state index contributed by atoms with van der Waals surface area (Å²) >= 11 is 0. The Kier molecular flexibility index (Phi) is 15.1. The van der Waals surface area contributed by atoms with Gasteiger partial charge in [0.2, 0.25) is 0 Å². The standard InChI is InChI=1S/C35H26.2C32H23N/c1-2-10-24(11-3-1)26-18-19-28-23-29(21-20-27(28)22-26)35-32-16-8-6-14-30(32)34(25-12-4-5-13-25)31-15-7-9-17-33(31)35;1-2-12-22-21(10-1)11-9-18-24(22)31-25-14-3-5-16-27(25)32(28-17-6-4-15-26(28)31)29-20-33-30-19-8-7-13-23(29)30;1-2-10-24-21(8-1)9-7-15-25(24)32-28-13-5-3-11-26(28)31(27-12-4-6-14-29(27)32)23-16-17-30-22(20-23)18-19-33-30/h1-3,6-12,14-23H,4-5,13H2;1-8,10,12-20,33H,9,11H2;1-6,8,10-20,33H,7,9H2. The molecule has 0 bridgehead atoms. The molecule has 0 radical (unpaired) electrons. The summed E-state index contributed by atoms with van der Waals surface area (Å²) in [5, 5.41) is 21.0. The molecule has 2 N–H and O–H groups in total. The zero-order valence-electron chi connectivity index (χ0n) is 56.3. The summed E-state index contributed by atoms with van der Waals surface area (Å²) in [6.07, 6.45) is 19.6. The molecule has 0 saturated carbocycles. The molecule has 3 aliphatic rings. The first-order valence-electron chi connectivity index (χ1n) is 36.0. The number of para-hydroxylation sites is 1. The first-order chi connectivity index (χ1) is 50.1. The van der Waals surface area contributed by atoms with E-state index in [2.05, 4.69) is 344 Å². The van der Waals surface area contributed by atoms with Gasteiger partial charge in [-0.05, 0) is 257 Å². The SMILES string of the molecule is C1=C(c2c3ccccc3c(-c3c[nH]c4ccccc34)c3ccccc23)c2ccccc2CC1.C1=C(c2c3ccccc3c(-c3ccc4[nH]ccc4c3)c3ccccc23)c2ccccc2CC1.C1=C(c2c3ccccc3c(-c3ccc4cc(-c5ccccc5)ccc4c3)c3ccccc23)CCC1. The van der Waals surface area contributed by atoms with E-state index in [0.29, 0.717) is 0 Å². The minimum Gasteiger partial charge on any atom is -0.361 e. The number of hydrogen-bond donors (Lipinski definition) is 2. The number of benzene rings is 16. The van der Waals surface area contributed by atoms with Gasteiger partial charge in [-0.3, -0.25) is 0 Å². The van der Waals surface area contributed by atoms with Crippen LogP contribution in [0.5, 0.6) is 0 Å². The molecule has 0 unspecified atom stereocenters. The fraction of sp³-hybridized carbons (Fsp3) is 0.0707. The average Bonchev–Trinajstić information content (AvgIpc) is 1.23. The van der Waals surface area contributed by atoms with E-state index in [1.807, 2.05) is 6.20 Å². The second-order valence-electron chi connectivity index (χ2n) is 27.4. The summed E-state index contributed by atoms with van der Waals surface area (Å²) in [6, 6.07) is 113. The number of aromatic amines is 2. The smallest absolute Gasteiger partial charge is 0.0460 e. The number of H-pyrrole nitrogens is 2. The molecular formula is C99H72N2. The molecule has 16 aromatic carbocycles. The van der Waals surface area contributed by atoms with Gasteiger partial charge in [-0.2, -0.15) is 0 Å². The van der Waals surface area contributed by atoms with Crippen LogP contribution in [0.15, 0.2) is 340 Å². The van der Waals surface area contributed by atoms with E-state index in [4.69, 9.17) is 0 Å². The summed E-state index contributed by atoms with van der Waals surface area (Å²) in [5.74, 6) is 0. The molecule has 18 aromatic rings. The van der Waals surface area contributed by atoms with E-state index in [9.17, 15) is 0 Å². The Labute approximate surface area is 588 Å². The molecule has 0 atom stereocenters. The van der Waals surface area contributed by atoms with Crippen molar-refractivity contribution in [3.05, 3.63) is 379 Å². The van der Waals surface area contributed by atoms with E-state index in [-0.39, 0.29) is 0 Å². The number of allylic oxidation sites excluding steroid dienone is 4. The predicted octanol–water partition coefficient (Wildman–Crippen LogP) is 27.1. The van der Waals surface area contributed by atoms with E-state index < -0.39 is 0 Å². The van der Waals surface area contributed by atoms with Crippen molar-refractivity contribution in [1.29, 1.82) is 0 Å². The van der Waals surface area contributed by atoms with Crippen LogP contribution in [-0.2, 0) is 12.8 Å². The zero-order chi connectivity index (χ0) is 66.7. The Bertz CT molecular complexity index is 6250. The van der Waals surface area contributed by atoms with Gasteiger partial charge in [0.15, 0.2) is 0 Å². The van der Waals surface area contributed by atoms with Gasteiger partial charge in [0.1, 0.15) is 0 Å². The number of fused-ring (bicyclic) bond motifs is 11. The van der Waals surface area contributed by atoms with Gasteiger partial charge in [-0.15, -0.1) is 0 Å². The van der Waals surface area contributed by atoms with E-state index >= 15 is 0 Å². The third-order valence-electron chi connectivity index (χ3n) is 21.8. The largest absolute Gasteiger partial charge is 0.361 e. The fourth-order valence-electron chi connectivity index (χ4n) is 17.3. The highest BCUT2D eigenvalue weighted by atomic mass is 14.7. The topological polar surface area (TPSA) is 31.6 Å². The average molecular weight is 1290 g/mol. The van der Waals surface area contributed by atoms with Gasteiger partial charge < -0.3 is 9.97 Å². The Morgan fingerprint density at radius 1 is 0.228 bits per heavy atom. The number of rotatable bonds is 7. The van der Waals surface area contributed by atoms with Crippen LogP contribution in [0.25, 0.3) is 158 Å². The minimum absolute atomic E-state index is 1.08. The van der Waals surface area contributed by atoms with E-state index in [0.717, 1.165) is 25.7 Å². The highest BCUT2D eigenvalue weighted by Gasteiger charge is 2.26. The molecule has 2 heterocycles. The maximum Gasteiger partial charge on any atom is 0.0460 e. The molecule has 0 spiro atoms. The Morgan fingerprint density at radius 2 is 0.634 bits per heavy atom. The third kappa shape index (κ3) is 10.5. The van der Waals surface area contributed by atoms with E-state index in [1.54, 1.807) is 0 Å². The van der Waals surface area contributed by atoms with Crippen molar-refractivity contribution >= 4 is 114 Å². The lowest BCUT2D eigenvalue weighted by molar-refractivity contribution is 0.936. The molecular weight excluding hydrogens is 1220 g/mol. The Balaban J connectivity index is 0.000000105. The van der Waals surface area contributed by atoms with Crippen molar-refractivity contribution in [2.24, 2.45) is 0 Å². The molecule has 21 rings (SSSR count). The van der Waals surface area contributed by atoms with Crippen LogP contribution >= 0.6 is 0 Å². The van der Waals surface area contributed by atoms with Gasteiger partial charge in [-0.25, -0.2) is 0 Å². The van der Waals surface area contributed by atoms with Gasteiger partial charge in [0.05, 0.1) is 0 Å². The first kappa shape index (κ1) is 59.9. The number of hydrogen-bond acceptors (Lipinski definition) is 0. The zero-order valence-corrected chi connectivity index (χ0v) is 56.3. The summed E-state index contributed by atoms with van der Waals surface area (Å²) in [6.45, 7) is 0. The highest BCUT2D eigenvalue weighted by Crippen LogP contribution is 2.50. The van der Waals surface area contributed by atoms with Gasteiger partial charge in [0.25, 0.3) is 0 Å². The fourth-order valence-corrected chi connectivity index (χ4v) is 17.3. The Hall–Kier alpha value is -12.4. The molecule has 2 heteroatoms. The van der Waals surface area contributed by atoms with Crippen LogP contribution in [0.3, 0.4) is 0 Å². The summed E-state index contributed by atoms with van der Waals surface area (Å²) in [4.78, 5) is 6.82. The highest BCUT2D eigenvalue weighted by molar-refractivity contribution is 6.24. The van der Waals surface area contributed by atoms with Gasteiger partial charge in [-0.1, -0.05) is 291 Å². The monoisotopic (exact) mass is 1290 g/mol. The van der Waals surface area contributed by atoms with Gasteiger partial charge in [0, 0.05) is 34.4 Å². The van der Waals surface area contributed by atoms with Crippen molar-refractivity contribution < 1.29 is 0 Å². The number of aromatic nitrogens is 2. The maximum atomic E-state index is 3.50. The summed E-state index contributed by atoms with van der Waals surface area (Å²) < 4.78 is 0. The molecule has 101 heavy (non-hydrogen) atoms. The van der Waals surface area contributed by atoms with E-state index in [1.165, 1.54) is 217 Å². The molecule has 3 aliphatic carbocycles. The molecule has 0 amide bonds. The quantitative estimate of drug-likeness (QED) is 0.149. The second kappa shape index (κ2) is 25.5. The van der Waals surface area contributed by atoms with Gasteiger partial charge >= 0.3 is 0 Å². The Morgan fingerprint density at radius 3 is 1.14 bits per heavy atom. The lowest BCUT2D eigenvalue weighted by atomic mass is 9.80. The summed E-state index contributed by atoms with van der Waals surface area (Å²) in [5.41, 5.74) is 26.7. The summed E-state index contributed by atoms with van der Waals surface area (Å²) in [7, 11) is 0. The maximum absolute atomic E-state index is 3.50. The molecule has 0 fully saturated rings. The lowest BCUT2D eigenvalue weighted by Gasteiger charge is -2.23. The van der Waals surface area contributed by atoms with Crippen LogP contribution in [0.4, 0.5) is 0 Å². The molecule has 0 saturated heterocycles. The first-order valence-corrected chi connectivity index (χ1v) is 36.0. The van der Waals surface area contributed by atoms with Crippen LogP contribution in [0.1, 0.15) is 71.0 Å². The lowest BCUT2D eigenvalue weighted by Crippen LogP contribution is -2.02. The molecule has 0 aliphatic heterocycles. The molecule has 478 valence electrons. The predicted molar refractivity (Wildman–Crippen MR) is 433 cm³/mol. The van der Waals surface area contributed by atoms with Crippen molar-refractivity contribution in [2.45, 2.75) is 44.9 Å².